The zero-order valence-electron chi connectivity index (χ0n) is 21.0. The number of hydrogen-bond donors (Lipinski definition) is 1. The van der Waals surface area contributed by atoms with E-state index in [4.69, 9.17) is 16.3 Å². The first-order chi connectivity index (χ1) is 16.2. The van der Waals surface area contributed by atoms with Crippen molar-refractivity contribution in [3.8, 4) is 0 Å². The van der Waals surface area contributed by atoms with Crippen LogP contribution in [-0.4, -0.2) is 55.1 Å². The van der Waals surface area contributed by atoms with Gasteiger partial charge in [0.25, 0.3) is 10.0 Å². The van der Waals surface area contributed by atoms with Crippen molar-refractivity contribution in [2.45, 2.75) is 64.0 Å². The van der Waals surface area contributed by atoms with Crippen LogP contribution in [0.3, 0.4) is 0 Å². The number of benzene rings is 2. The number of hydrogen-bond acceptors (Lipinski definition) is 5. The van der Waals surface area contributed by atoms with Gasteiger partial charge in [-0.25, -0.2) is 23.0 Å². The summed E-state index contributed by atoms with van der Waals surface area (Å²) in [7, 11) is -2.76. The summed E-state index contributed by atoms with van der Waals surface area (Å²) in [5, 5.41) is 3.90. The number of esters is 1. The quantitative estimate of drug-likeness (QED) is 0.384. The second kappa shape index (κ2) is 11.9. The van der Waals surface area contributed by atoms with Crippen molar-refractivity contribution >= 4 is 33.6 Å². The first-order valence-electron chi connectivity index (χ1n) is 11.4. The van der Waals surface area contributed by atoms with Gasteiger partial charge in [0.05, 0.1) is 4.90 Å². The summed E-state index contributed by atoms with van der Waals surface area (Å²) in [6.07, 6.45) is 0.638. The number of hydrazine groups is 1. The van der Waals surface area contributed by atoms with Gasteiger partial charge in [0.1, 0.15) is 11.6 Å². The van der Waals surface area contributed by atoms with Crippen molar-refractivity contribution in [1.29, 1.82) is 0 Å². The van der Waals surface area contributed by atoms with Crippen molar-refractivity contribution in [2.75, 3.05) is 13.6 Å². The molecule has 0 aliphatic carbocycles. The minimum absolute atomic E-state index is 0.0245. The van der Waals surface area contributed by atoms with Gasteiger partial charge in [-0.1, -0.05) is 48.9 Å². The van der Waals surface area contributed by atoms with Crippen LogP contribution < -0.4 is 5.32 Å². The van der Waals surface area contributed by atoms with E-state index in [9.17, 15) is 18.0 Å². The lowest BCUT2D eigenvalue weighted by Gasteiger charge is -2.32. The molecular formula is C25H34ClN3O5S. The van der Waals surface area contributed by atoms with Crippen LogP contribution in [0.4, 0.5) is 4.79 Å². The first-order valence-corrected chi connectivity index (χ1v) is 13.2. The third-order valence-electron chi connectivity index (χ3n) is 4.91. The average molecular weight is 524 g/mol. The van der Waals surface area contributed by atoms with Crippen LogP contribution in [0.5, 0.6) is 0 Å². The van der Waals surface area contributed by atoms with E-state index >= 15 is 0 Å². The SMILES string of the molecule is CCCN(N(C)C(=O)N[C@@H](Cc1ccccc1)C(=O)OC(C)(C)C)S(=O)(=O)c1cc(C)cc(Cl)c1. The third-order valence-corrected chi connectivity index (χ3v) is 6.94. The fourth-order valence-electron chi connectivity index (χ4n) is 3.36. The number of carbonyl (C=O) groups excluding carboxylic acids is 2. The van der Waals surface area contributed by atoms with E-state index in [-0.39, 0.29) is 22.9 Å². The van der Waals surface area contributed by atoms with Gasteiger partial charge >= 0.3 is 12.0 Å². The van der Waals surface area contributed by atoms with Gasteiger partial charge in [-0.3, -0.25) is 0 Å². The Morgan fingerprint density at radius 1 is 1.11 bits per heavy atom. The second-order valence-electron chi connectivity index (χ2n) is 9.26. The molecule has 192 valence electrons. The Morgan fingerprint density at radius 3 is 2.29 bits per heavy atom. The molecule has 0 bridgehead atoms. The standard InChI is InChI=1S/C25H34ClN3O5S/c1-7-13-29(35(32,33)21-15-18(2)14-20(26)17-21)28(6)24(31)27-22(23(30)34-25(3,4)5)16-19-11-9-8-10-12-19/h8-12,14-15,17,22H,7,13,16H2,1-6H3,(H,27,31)/t22-/m0/s1. The van der Waals surface area contributed by atoms with E-state index in [2.05, 4.69) is 5.32 Å². The molecule has 2 rings (SSSR count). The smallest absolute Gasteiger partial charge is 0.333 e. The Balaban J connectivity index is 2.33. The molecule has 35 heavy (non-hydrogen) atoms. The van der Waals surface area contributed by atoms with Crippen molar-refractivity contribution in [3.05, 3.63) is 64.7 Å². The van der Waals surface area contributed by atoms with E-state index in [0.29, 0.717) is 12.0 Å². The number of rotatable bonds is 9. The van der Waals surface area contributed by atoms with E-state index in [1.165, 1.54) is 19.2 Å². The van der Waals surface area contributed by atoms with Gasteiger partial charge in [-0.05, 0) is 63.4 Å². The molecule has 10 heteroatoms. The van der Waals surface area contributed by atoms with E-state index in [1.54, 1.807) is 40.7 Å². The highest BCUT2D eigenvalue weighted by Gasteiger charge is 2.34. The molecule has 0 spiro atoms. The fraction of sp³-hybridized carbons (Fsp3) is 0.440. The maximum atomic E-state index is 13.4. The molecule has 0 aliphatic heterocycles. The van der Waals surface area contributed by atoms with Crippen LogP contribution in [-0.2, 0) is 26.0 Å². The number of carbonyl (C=O) groups is 2. The zero-order chi connectivity index (χ0) is 26.4. The lowest BCUT2D eigenvalue weighted by molar-refractivity contribution is -0.157. The average Bonchev–Trinajstić information content (AvgIpc) is 2.75. The first kappa shape index (κ1) is 28.6. The lowest BCUT2D eigenvalue weighted by Crippen LogP contribution is -2.55. The highest BCUT2D eigenvalue weighted by Crippen LogP contribution is 2.23. The van der Waals surface area contributed by atoms with Crippen LogP contribution >= 0.6 is 11.6 Å². The number of aryl methyl sites for hydroxylation is 1. The molecule has 1 N–H and O–H groups in total. The van der Waals surface area contributed by atoms with Crippen molar-refractivity contribution < 1.29 is 22.7 Å². The summed E-state index contributed by atoms with van der Waals surface area (Å²) in [6, 6.07) is 11.9. The predicted octanol–water partition coefficient (Wildman–Crippen LogP) is 4.56. The summed E-state index contributed by atoms with van der Waals surface area (Å²) >= 11 is 6.09. The summed E-state index contributed by atoms with van der Waals surface area (Å²) in [5.74, 6) is -0.613. The predicted molar refractivity (Wildman–Crippen MR) is 136 cm³/mol. The van der Waals surface area contributed by atoms with Crippen molar-refractivity contribution in [1.82, 2.24) is 14.7 Å². The van der Waals surface area contributed by atoms with Gasteiger partial charge in [0.15, 0.2) is 0 Å². The van der Waals surface area contributed by atoms with Crippen LogP contribution in [0.2, 0.25) is 5.02 Å². The molecule has 2 aromatic carbocycles. The largest absolute Gasteiger partial charge is 0.458 e. The molecule has 2 amide bonds. The third kappa shape index (κ3) is 8.23. The Bertz CT molecular complexity index is 1110. The minimum atomic E-state index is -4.10. The van der Waals surface area contributed by atoms with Gasteiger partial charge in [-0.15, -0.1) is 4.41 Å². The van der Waals surface area contributed by atoms with Gasteiger partial charge in [-0.2, -0.15) is 0 Å². The summed E-state index contributed by atoms with van der Waals surface area (Å²) in [6.45, 7) is 8.80. The van der Waals surface area contributed by atoms with Gasteiger partial charge in [0.2, 0.25) is 0 Å². The summed E-state index contributed by atoms with van der Waals surface area (Å²) in [4.78, 5) is 26.1. The van der Waals surface area contributed by atoms with Gasteiger partial charge in [0, 0.05) is 25.0 Å². The topological polar surface area (TPSA) is 96.0 Å². The molecule has 2 aromatic rings. The number of nitrogens with one attached hydrogen (secondary N) is 1. The number of ether oxygens (including phenoxy) is 1. The van der Waals surface area contributed by atoms with E-state index in [1.807, 2.05) is 30.3 Å². The number of amides is 2. The molecule has 0 unspecified atom stereocenters. The molecule has 0 saturated heterocycles. The van der Waals surface area contributed by atoms with Crippen LogP contribution in [0, 0.1) is 6.92 Å². The molecule has 0 radical (unpaired) electrons. The lowest BCUT2D eigenvalue weighted by atomic mass is 10.1. The van der Waals surface area contributed by atoms with Crippen LogP contribution in [0.25, 0.3) is 0 Å². The number of halogens is 1. The monoisotopic (exact) mass is 523 g/mol. The summed E-state index contributed by atoms with van der Waals surface area (Å²) < 4.78 is 33.3. The zero-order valence-corrected chi connectivity index (χ0v) is 22.6. The van der Waals surface area contributed by atoms with E-state index < -0.39 is 33.7 Å². The fourth-order valence-corrected chi connectivity index (χ4v) is 5.38. The van der Waals surface area contributed by atoms with Crippen LogP contribution in [0.15, 0.2) is 53.4 Å². The number of urea groups is 1. The molecule has 0 aliphatic rings. The van der Waals surface area contributed by atoms with Crippen LogP contribution in [0.1, 0.15) is 45.2 Å². The molecule has 0 aromatic heterocycles. The minimum Gasteiger partial charge on any atom is -0.458 e. The Kier molecular flexibility index (Phi) is 9.71. The van der Waals surface area contributed by atoms with Gasteiger partial charge < -0.3 is 10.1 Å². The Morgan fingerprint density at radius 2 is 1.74 bits per heavy atom. The van der Waals surface area contributed by atoms with Crippen molar-refractivity contribution in [2.24, 2.45) is 0 Å². The molecule has 0 saturated carbocycles. The Labute approximate surface area is 213 Å². The number of sulfonamides is 1. The maximum Gasteiger partial charge on any atom is 0.333 e. The normalized spacial score (nSPS) is 12.8. The molecule has 1 atom stereocenters. The summed E-state index contributed by atoms with van der Waals surface area (Å²) in [5.41, 5.74) is 0.733. The molecule has 0 fully saturated rings. The second-order valence-corrected chi connectivity index (χ2v) is 11.5. The highest BCUT2D eigenvalue weighted by atomic mass is 35.5. The number of nitrogens with zero attached hydrogens (tertiary/aromatic N) is 2. The molecule has 0 heterocycles. The van der Waals surface area contributed by atoms with Crippen molar-refractivity contribution in [3.63, 3.8) is 0 Å². The molecular weight excluding hydrogens is 490 g/mol. The molecule has 8 nitrogen and oxygen atoms in total. The Hall–Kier alpha value is -2.62. The maximum absolute atomic E-state index is 13.4. The highest BCUT2D eigenvalue weighted by molar-refractivity contribution is 7.89. The van der Waals surface area contributed by atoms with E-state index in [0.717, 1.165) is 15.0 Å².